The van der Waals surface area contributed by atoms with Crippen LogP contribution in [0.1, 0.15) is 48.2 Å². The van der Waals surface area contributed by atoms with Crippen LogP contribution in [0.25, 0.3) is 44.3 Å². The molecule has 0 amide bonds. The summed E-state index contributed by atoms with van der Waals surface area (Å²) in [5.74, 6) is 0. The number of nitrogens with zero attached hydrogens (tertiary/aromatic N) is 2. The second kappa shape index (κ2) is 8.77. The highest BCUT2D eigenvalue weighted by Crippen LogP contribution is 2.37. The summed E-state index contributed by atoms with van der Waals surface area (Å²) in [4.78, 5) is 0. The van der Waals surface area contributed by atoms with Gasteiger partial charge in [-0.05, 0) is 110 Å². The minimum atomic E-state index is 1.16. The van der Waals surface area contributed by atoms with Crippen LogP contribution in [0.3, 0.4) is 0 Å². The molecule has 0 spiro atoms. The highest BCUT2D eigenvalue weighted by atomic mass is 15.0. The number of para-hydroxylation sites is 2. The second-order valence-electron chi connectivity index (χ2n) is 11.1. The van der Waals surface area contributed by atoms with Crippen molar-refractivity contribution >= 4 is 21.8 Å². The normalized spacial score (nSPS) is 15.1. The van der Waals surface area contributed by atoms with Crippen LogP contribution in [-0.4, -0.2) is 9.13 Å². The van der Waals surface area contributed by atoms with Crippen LogP contribution in [0, 0.1) is 0 Å². The Morgan fingerprint density at radius 1 is 0.421 bits per heavy atom. The number of benzene rings is 4. The summed E-state index contributed by atoms with van der Waals surface area (Å²) in [7, 11) is 0. The molecule has 2 heterocycles. The first-order valence-electron chi connectivity index (χ1n) is 14.3. The van der Waals surface area contributed by atoms with Gasteiger partial charge < -0.3 is 9.13 Å². The second-order valence-corrected chi connectivity index (χ2v) is 11.1. The zero-order chi connectivity index (χ0) is 25.1. The van der Waals surface area contributed by atoms with E-state index in [9.17, 15) is 0 Å². The maximum Gasteiger partial charge on any atom is 0.0534 e. The third kappa shape index (κ3) is 3.33. The van der Waals surface area contributed by atoms with E-state index in [0.29, 0.717) is 0 Å². The molecule has 2 aliphatic rings. The summed E-state index contributed by atoms with van der Waals surface area (Å²) < 4.78 is 5.04. The number of hydrogen-bond acceptors (Lipinski definition) is 0. The molecule has 0 bridgehead atoms. The van der Waals surface area contributed by atoms with Gasteiger partial charge in [0, 0.05) is 33.5 Å². The lowest BCUT2D eigenvalue weighted by molar-refractivity contribution is 0.667. The predicted molar refractivity (Wildman–Crippen MR) is 159 cm³/mol. The molecule has 2 heteroatoms. The van der Waals surface area contributed by atoms with Crippen molar-refractivity contribution in [3.63, 3.8) is 0 Å². The molecule has 2 aliphatic carbocycles. The lowest BCUT2D eigenvalue weighted by Gasteiger charge is -2.17. The minimum Gasteiger partial charge on any atom is -0.313 e. The third-order valence-electron chi connectivity index (χ3n) is 8.92. The van der Waals surface area contributed by atoms with E-state index in [0.717, 1.165) is 6.42 Å². The van der Waals surface area contributed by atoms with Gasteiger partial charge in [0.05, 0.1) is 11.0 Å². The Kier molecular flexibility index (Phi) is 5.07. The minimum absolute atomic E-state index is 1.16. The van der Waals surface area contributed by atoms with Crippen LogP contribution in [0.5, 0.6) is 0 Å². The van der Waals surface area contributed by atoms with Gasteiger partial charge in [-0.2, -0.15) is 0 Å². The molecule has 6 aromatic rings. The van der Waals surface area contributed by atoms with E-state index in [1.807, 2.05) is 0 Å². The van der Waals surface area contributed by atoms with E-state index in [-0.39, 0.29) is 0 Å². The summed E-state index contributed by atoms with van der Waals surface area (Å²) in [6.45, 7) is 0. The smallest absolute Gasteiger partial charge is 0.0534 e. The lowest BCUT2D eigenvalue weighted by atomic mass is 9.95. The number of rotatable bonds is 3. The molecule has 0 atom stereocenters. The Morgan fingerprint density at radius 3 is 1.61 bits per heavy atom. The summed E-state index contributed by atoms with van der Waals surface area (Å²) in [6, 6.07) is 36.3. The first kappa shape index (κ1) is 22.0. The maximum absolute atomic E-state index is 2.53. The Bertz CT molecular complexity index is 1810. The zero-order valence-corrected chi connectivity index (χ0v) is 21.8. The molecule has 8 rings (SSSR count). The van der Waals surface area contributed by atoms with E-state index in [1.165, 1.54) is 101 Å². The van der Waals surface area contributed by atoms with Gasteiger partial charge in [-0.1, -0.05) is 60.7 Å². The van der Waals surface area contributed by atoms with Crippen molar-refractivity contribution in [2.24, 2.45) is 0 Å². The van der Waals surface area contributed by atoms with Crippen LogP contribution in [0.4, 0.5) is 0 Å². The van der Waals surface area contributed by atoms with Crippen molar-refractivity contribution < 1.29 is 0 Å². The van der Waals surface area contributed by atoms with Crippen LogP contribution in [-0.2, 0) is 25.7 Å². The molecule has 0 saturated heterocycles. The molecule has 0 radical (unpaired) electrons. The molecule has 0 unspecified atom stereocenters. The van der Waals surface area contributed by atoms with Crippen molar-refractivity contribution in [2.45, 2.75) is 51.4 Å². The summed E-state index contributed by atoms with van der Waals surface area (Å²) in [5.41, 5.74) is 13.9. The topological polar surface area (TPSA) is 9.86 Å². The number of aromatic nitrogens is 2. The summed E-state index contributed by atoms with van der Waals surface area (Å²) >= 11 is 0. The van der Waals surface area contributed by atoms with Gasteiger partial charge in [-0.25, -0.2) is 0 Å². The molecule has 4 aromatic carbocycles. The van der Waals surface area contributed by atoms with Crippen molar-refractivity contribution in [1.82, 2.24) is 9.13 Å². The molecule has 38 heavy (non-hydrogen) atoms. The fourth-order valence-electron chi connectivity index (χ4n) is 7.21. The number of fused-ring (bicyclic) bond motifs is 6. The van der Waals surface area contributed by atoms with Crippen molar-refractivity contribution in [3.05, 3.63) is 120 Å². The first-order valence-corrected chi connectivity index (χ1v) is 14.3. The first-order chi connectivity index (χ1) is 18.9. The Hall–Kier alpha value is -4.04. The molecule has 186 valence electrons. The highest BCUT2D eigenvalue weighted by molar-refractivity contribution is 5.89. The molecular formula is C36H32N2. The molecule has 0 saturated carbocycles. The van der Waals surface area contributed by atoms with Crippen LogP contribution >= 0.6 is 0 Å². The Morgan fingerprint density at radius 2 is 0.974 bits per heavy atom. The fourth-order valence-corrected chi connectivity index (χ4v) is 7.21. The van der Waals surface area contributed by atoms with E-state index < -0.39 is 0 Å². The quantitative estimate of drug-likeness (QED) is 0.233. The molecule has 0 fully saturated rings. The van der Waals surface area contributed by atoms with Crippen molar-refractivity contribution in [2.75, 3.05) is 0 Å². The van der Waals surface area contributed by atoms with Gasteiger partial charge in [0.1, 0.15) is 0 Å². The third-order valence-corrected chi connectivity index (χ3v) is 8.92. The van der Waals surface area contributed by atoms with Crippen molar-refractivity contribution in [1.29, 1.82) is 0 Å². The van der Waals surface area contributed by atoms with Crippen LogP contribution in [0.15, 0.2) is 97.1 Å². The van der Waals surface area contributed by atoms with Gasteiger partial charge in [0.2, 0.25) is 0 Å². The summed E-state index contributed by atoms with van der Waals surface area (Å²) in [6.07, 6.45) is 9.89. The number of hydrogen-bond donors (Lipinski definition) is 0. The average Bonchev–Trinajstić information content (AvgIpc) is 3.51. The molecule has 0 N–H and O–H groups in total. The largest absolute Gasteiger partial charge is 0.313 e. The fraction of sp³-hybridized carbons (Fsp3) is 0.222. The van der Waals surface area contributed by atoms with E-state index in [1.54, 1.807) is 11.1 Å². The zero-order valence-electron chi connectivity index (χ0n) is 21.8. The number of aryl methyl sites for hydroxylation is 2. The van der Waals surface area contributed by atoms with Gasteiger partial charge in [-0.15, -0.1) is 0 Å². The van der Waals surface area contributed by atoms with E-state index in [4.69, 9.17) is 0 Å². The monoisotopic (exact) mass is 492 g/mol. The van der Waals surface area contributed by atoms with Crippen molar-refractivity contribution in [3.8, 4) is 22.5 Å². The predicted octanol–water partition coefficient (Wildman–Crippen LogP) is 9.00. The summed E-state index contributed by atoms with van der Waals surface area (Å²) in [5, 5.41) is 2.86. The van der Waals surface area contributed by atoms with Gasteiger partial charge in [-0.3, -0.25) is 0 Å². The SMILES string of the molecule is c1cc(-c2ccc(-n3c4c(c5ccccc53)CCCC4)cc2)cc(-n2c3c(c4ccccc42)CCCC3)c1. The molecular weight excluding hydrogens is 460 g/mol. The average molecular weight is 493 g/mol. The lowest BCUT2D eigenvalue weighted by Crippen LogP contribution is -2.07. The standard InChI is InChI=1S/C36H32N2/c1-5-16-33-29(12-1)30-13-2-6-17-34(30)37(33)27-22-20-25(21-23-27)26-10-9-11-28(24-26)38-35-18-7-3-14-31(35)32-15-4-8-19-36(32)38/h1,3,5,7,9-12,14,16,18,20-24H,2,4,6,8,13,15,17,19H2. The highest BCUT2D eigenvalue weighted by Gasteiger charge is 2.22. The van der Waals surface area contributed by atoms with Crippen LogP contribution < -0.4 is 0 Å². The molecule has 0 aliphatic heterocycles. The molecule has 2 nitrogen and oxygen atoms in total. The maximum atomic E-state index is 2.53. The van der Waals surface area contributed by atoms with Gasteiger partial charge in [0.25, 0.3) is 0 Å². The Labute approximate surface area is 224 Å². The van der Waals surface area contributed by atoms with Gasteiger partial charge >= 0.3 is 0 Å². The van der Waals surface area contributed by atoms with E-state index >= 15 is 0 Å². The van der Waals surface area contributed by atoms with Crippen LogP contribution in [0.2, 0.25) is 0 Å². The van der Waals surface area contributed by atoms with Gasteiger partial charge in [0.15, 0.2) is 0 Å². The Balaban J connectivity index is 1.21. The molecule has 2 aromatic heterocycles. The van der Waals surface area contributed by atoms with E-state index in [2.05, 4.69) is 106 Å².